The van der Waals surface area contributed by atoms with Gasteiger partial charge in [0.05, 0.1) is 0 Å². The molecule has 0 N–H and O–H groups in total. The van der Waals surface area contributed by atoms with Crippen LogP contribution < -0.4 is 41.6 Å². The van der Waals surface area contributed by atoms with Crippen molar-refractivity contribution in [2.45, 2.75) is 19.3 Å². The maximum atomic E-state index is 2.46. The zero-order valence-electron chi connectivity index (χ0n) is 27.3. The first-order valence-electron chi connectivity index (χ1n) is 17.0. The van der Waals surface area contributed by atoms with Crippen molar-refractivity contribution in [3.05, 3.63) is 193 Å². The number of hydrogen-bond acceptors (Lipinski definition) is 1. The van der Waals surface area contributed by atoms with Crippen LogP contribution in [-0.2, 0) is 5.41 Å². The monoisotopic (exact) mass is 651 g/mol. The molecule has 48 heavy (non-hydrogen) atoms. The molecule has 2 heterocycles. The molecule has 0 unspecified atom stereocenters. The van der Waals surface area contributed by atoms with E-state index in [2.05, 4.69) is 201 Å². The van der Waals surface area contributed by atoms with Gasteiger partial charge in [0, 0.05) is 0 Å². The number of nitrogens with zero attached hydrogens (tertiary/aromatic N) is 1. The molecule has 7 aromatic carbocycles. The van der Waals surface area contributed by atoms with Crippen molar-refractivity contribution in [2.24, 2.45) is 0 Å². The first kappa shape index (κ1) is 29.2. The average molecular weight is 652 g/mol. The summed E-state index contributed by atoms with van der Waals surface area (Å²) < 4.78 is 0. The molecule has 0 aliphatic carbocycles. The van der Waals surface area contributed by atoms with Gasteiger partial charge in [-0.3, -0.25) is 0 Å². The van der Waals surface area contributed by atoms with Gasteiger partial charge in [-0.2, -0.15) is 0 Å². The van der Waals surface area contributed by atoms with Gasteiger partial charge in [-0.25, -0.2) is 0 Å². The molecule has 7 aromatic rings. The minimum absolute atomic E-state index is 0.0705. The Bertz CT molecular complexity index is 2140. The van der Waals surface area contributed by atoms with Gasteiger partial charge >= 0.3 is 287 Å². The van der Waals surface area contributed by atoms with Crippen molar-refractivity contribution in [2.75, 3.05) is 4.90 Å². The van der Waals surface area contributed by atoms with Crippen LogP contribution >= 0.6 is 7.92 Å². The molecule has 0 bridgehead atoms. The summed E-state index contributed by atoms with van der Waals surface area (Å²) in [7, 11) is -4.28. The summed E-state index contributed by atoms with van der Waals surface area (Å²) in [6.07, 6.45) is 0. The molecule has 0 spiro atoms. The van der Waals surface area contributed by atoms with Crippen LogP contribution in [0.25, 0.3) is 0 Å². The van der Waals surface area contributed by atoms with Crippen molar-refractivity contribution in [1.82, 2.24) is 0 Å². The van der Waals surface area contributed by atoms with E-state index in [0.717, 1.165) is 0 Å². The minimum atomic E-state index is -3.00. The molecule has 0 amide bonds. The van der Waals surface area contributed by atoms with E-state index in [0.29, 0.717) is 0 Å². The normalized spacial score (nSPS) is 17.3. The fourth-order valence-electron chi connectivity index (χ4n) is 8.95. The summed E-state index contributed by atoms with van der Waals surface area (Å²) in [6, 6.07) is 69.0. The van der Waals surface area contributed by atoms with Crippen molar-refractivity contribution >= 4 is 69.7 Å². The third-order valence-electron chi connectivity index (χ3n) is 11.0. The van der Waals surface area contributed by atoms with E-state index >= 15 is 0 Å². The number of benzene rings is 7. The Morgan fingerprint density at radius 1 is 0.438 bits per heavy atom. The average Bonchev–Trinajstić information content (AvgIpc) is 3.15. The quantitative estimate of drug-likeness (QED) is 0.151. The Labute approximate surface area is 285 Å². The molecule has 0 atom stereocenters. The van der Waals surface area contributed by atoms with Crippen molar-refractivity contribution in [3.63, 3.8) is 0 Å². The summed E-state index contributed by atoms with van der Waals surface area (Å²) in [5.74, 6) is 0. The third kappa shape index (κ3) is 4.20. The van der Waals surface area contributed by atoms with Crippen LogP contribution in [0, 0.1) is 0 Å². The van der Waals surface area contributed by atoms with E-state index in [4.69, 9.17) is 0 Å². The molecule has 0 saturated heterocycles. The van der Waals surface area contributed by atoms with E-state index in [-0.39, 0.29) is 5.41 Å². The van der Waals surface area contributed by atoms with Crippen LogP contribution in [0.2, 0.25) is 0 Å². The summed E-state index contributed by atoms with van der Waals surface area (Å²) in [5, 5.41) is 10.5. The van der Waals surface area contributed by atoms with Gasteiger partial charge in [-0.15, -0.1) is 0 Å². The standard InChI is InChI=1S/C45H37NPSi/c1-45(2)37-21-9-11-23-39(37)46(40-24-12-10-22-38(40)45)33-29-31-34(32-30-33)47-41-25-13-15-27-43(41)48(35-17-5-3-6-18-35,36-19-7-4-8-20-36)44-28-16-14-26-42(44)47/h3-32,48H,1-2H3/q-1/p+1. The first-order chi connectivity index (χ1) is 23.6. The third-order valence-corrected chi connectivity index (χ3v) is 20.2. The van der Waals surface area contributed by atoms with Crippen LogP contribution in [0.4, 0.5) is 17.1 Å². The van der Waals surface area contributed by atoms with Gasteiger partial charge < -0.3 is 0 Å². The summed E-state index contributed by atoms with van der Waals surface area (Å²) in [5.41, 5.74) is 6.38. The predicted octanol–water partition coefficient (Wildman–Crippen LogP) is 6.71. The number of anilines is 3. The fourth-order valence-corrected chi connectivity index (χ4v) is 19.5. The molecule has 0 radical (unpaired) electrons. The Morgan fingerprint density at radius 2 is 0.854 bits per heavy atom. The van der Waals surface area contributed by atoms with E-state index in [1.54, 1.807) is 10.4 Å². The second-order valence-corrected chi connectivity index (χ2v) is 20.5. The van der Waals surface area contributed by atoms with Gasteiger partial charge in [0.25, 0.3) is 0 Å². The van der Waals surface area contributed by atoms with Crippen molar-refractivity contribution < 1.29 is 0 Å². The molecule has 0 saturated carbocycles. The van der Waals surface area contributed by atoms with E-state index in [1.165, 1.54) is 54.5 Å². The Kier molecular flexibility index (Phi) is 6.87. The Hall–Kier alpha value is -5.01. The molecule has 0 fully saturated rings. The topological polar surface area (TPSA) is 3.24 Å². The van der Waals surface area contributed by atoms with Crippen molar-refractivity contribution in [1.29, 1.82) is 0 Å². The Morgan fingerprint density at radius 3 is 1.35 bits per heavy atom. The van der Waals surface area contributed by atoms with Crippen LogP contribution in [0.5, 0.6) is 0 Å². The molecule has 2 aliphatic rings. The maximum absolute atomic E-state index is 3.00. The molecule has 3 heteroatoms. The SMILES string of the molecule is CC1(C)c2ccccc2N(c2ccc([PH+]3c4ccccc4[SiH-](c4ccccc4)(c4ccccc4)c4ccccc43)cc2)c2ccccc21. The predicted molar refractivity (Wildman–Crippen MR) is 212 cm³/mol. The zero-order chi connectivity index (χ0) is 32.3. The zero-order valence-corrected chi connectivity index (χ0v) is 29.5. The summed E-state index contributed by atoms with van der Waals surface area (Å²) in [4.78, 5) is 2.46. The van der Waals surface area contributed by atoms with Crippen LogP contribution in [-0.4, -0.2) is 8.07 Å². The van der Waals surface area contributed by atoms with Crippen LogP contribution in [0.15, 0.2) is 182 Å². The molecule has 1 nitrogen and oxygen atoms in total. The van der Waals surface area contributed by atoms with Gasteiger partial charge in [0.2, 0.25) is 0 Å². The molecular weight excluding hydrogens is 614 g/mol. The summed E-state index contributed by atoms with van der Waals surface area (Å²) >= 11 is 0. The Balaban J connectivity index is 1.23. The van der Waals surface area contributed by atoms with E-state index < -0.39 is 16.0 Å². The van der Waals surface area contributed by atoms with Crippen molar-refractivity contribution in [3.8, 4) is 0 Å². The fraction of sp³-hybridized carbons (Fsp3) is 0.0667. The van der Waals surface area contributed by atoms with E-state index in [1.807, 2.05) is 0 Å². The second-order valence-electron chi connectivity index (χ2n) is 13.8. The second kappa shape index (κ2) is 11.3. The number of fused-ring (bicyclic) bond motifs is 4. The van der Waals surface area contributed by atoms with E-state index in [9.17, 15) is 0 Å². The van der Waals surface area contributed by atoms with Crippen LogP contribution in [0.3, 0.4) is 0 Å². The van der Waals surface area contributed by atoms with Crippen LogP contribution in [0.1, 0.15) is 25.0 Å². The molecule has 9 rings (SSSR count). The van der Waals surface area contributed by atoms with Gasteiger partial charge in [-0.05, 0) is 0 Å². The molecule has 2 aliphatic heterocycles. The van der Waals surface area contributed by atoms with Gasteiger partial charge in [0.1, 0.15) is 0 Å². The molecule has 232 valence electrons. The number of rotatable bonds is 4. The molecular formula is C45H38NPSi. The number of hydrogen-bond donors (Lipinski definition) is 0. The first-order valence-corrected chi connectivity index (χ1v) is 20.8. The number of para-hydroxylation sites is 2. The van der Waals surface area contributed by atoms with Gasteiger partial charge in [0.15, 0.2) is 0 Å². The summed E-state index contributed by atoms with van der Waals surface area (Å²) in [6.45, 7) is 4.70. The van der Waals surface area contributed by atoms with Gasteiger partial charge in [-0.1, -0.05) is 0 Å². The molecule has 0 aromatic heterocycles.